The number of hydrogen-bond acceptors (Lipinski definition) is 7. The van der Waals surface area contributed by atoms with Crippen molar-refractivity contribution in [1.82, 2.24) is 24.8 Å². The Morgan fingerprint density at radius 2 is 2.04 bits per heavy atom. The number of hydrogen-bond donors (Lipinski definition) is 0. The van der Waals surface area contributed by atoms with E-state index in [9.17, 15) is 4.79 Å². The fourth-order valence-electron chi connectivity index (χ4n) is 2.82. The van der Waals surface area contributed by atoms with E-state index in [1.54, 1.807) is 48.8 Å². The first-order valence-electron chi connectivity index (χ1n) is 7.75. The fourth-order valence-corrected chi connectivity index (χ4v) is 3.60. The van der Waals surface area contributed by atoms with Gasteiger partial charge in [-0.1, -0.05) is 11.3 Å². The minimum Gasteiger partial charge on any atom is -0.487 e. The van der Waals surface area contributed by atoms with E-state index >= 15 is 0 Å². The molecule has 0 spiro atoms. The Morgan fingerprint density at radius 3 is 2.76 bits per heavy atom. The van der Waals surface area contributed by atoms with Gasteiger partial charge in [0.05, 0.1) is 30.3 Å². The van der Waals surface area contributed by atoms with Crippen molar-refractivity contribution in [2.75, 3.05) is 7.11 Å². The number of thiophene rings is 1. The van der Waals surface area contributed by atoms with Crippen molar-refractivity contribution >= 4 is 17.2 Å². The lowest BCUT2D eigenvalue weighted by Gasteiger charge is -2.20. The maximum Gasteiger partial charge on any atom is 0.264 e. The van der Waals surface area contributed by atoms with Gasteiger partial charge in [0.15, 0.2) is 16.7 Å². The number of aromatic nitrogens is 4. The van der Waals surface area contributed by atoms with Crippen LogP contribution >= 0.6 is 11.3 Å². The molecule has 0 N–H and O–H groups in total. The summed E-state index contributed by atoms with van der Waals surface area (Å²) in [4.78, 5) is 32.5. The van der Waals surface area contributed by atoms with Gasteiger partial charge in [-0.2, -0.15) is 0 Å². The third-order valence-electron chi connectivity index (χ3n) is 4.16. The highest BCUT2D eigenvalue weighted by atomic mass is 32.1. The molecular weight excluding hydrogens is 338 g/mol. The van der Waals surface area contributed by atoms with Crippen LogP contribution in [0, 0.1) is 0 Å². The molecule has 1 aliphatic heterocycles. The van der Waals surface area contributed by atoms with Crippen LogP contribution < -0.4 is 4.74 Å². The average Bonchev–Trinajstić information content (AvgIpc) is 3.26. The van der Waals surface area contributed by atoms with Crippen molar-refractivity contribution in [2.24, 2.45) is 0 Å². The highest BCUT2D eigenvalue weighted by molar-refractivity contribution is 7.15. The third-order valence-corrected chi connectivity index (χ3v) is 5.19. The average molecular weight is 353 g/mol. The lowest BCUT2D eigenvalue weighted by molar-refractivity contribution is 0.0709. The predicted molar refractivity (Wildman–Crippen MR) is 92.2 cm³/mol. The van der Waals surface area contributed by atoms with E-state index in [-0.39, 0.29) is 11.9 Å². The Labute approximate surface area is 148 Å². The summed E-state index contributed by atoms with van der Waals surface area (Å²) in [6.07, 6.45) is 5.07. The van der Waals surface area contributed by atoms with Gasteiger partial charge in [0.25, 0.3) is 5.91 Å². The molecule has 4 heterocycles. The molecule has 4 rings (SSSR count). The van der Waals surface area contributed by atoms with E-state index in [1.807, 2.05) is 6.92 Å². The molecule has 7 nitrogen and oxygen atoms in total. The minimum absolute atomic E-state index is 0.0312. The molecule has 126 valence electrons. The van der Waals surface area contributed by atoms with Gasteiger partial charge in [-0.15, -0.1) is 0 Å². The topological polar surface area (TPSA) is 81.1 Å². The van der Waals surface area contributed by atoms with E-state index in [2.05, 4.69) is 19.9 Å². The molecule has 25 heavy (non-hydrogen) atoms. The summed E-state index contributed by atoms with van der Waals surface area (Å²) < 4.78 is 5.17. The van der Waals surface area contributed by atoms with Gasteiger partial charge in [-0.25, -0.2) is 19.9 Å². The number of methoxy groups -OCH3 is 1. The largest absolute Gasteiger partial charge is 0.487 e. The first-order valence-corrected chi connectivity index (χ1v) is 8.57. The smallest absolute Gasteiger partial charge is 0.264 e. The van der Waals surface area contributed by atoms with Crippen molar-refractivity contribution in [1.29, 1.82) is 0 Å². The van der Waals surface area contributed by atoms with E-state index < -0.39 is 0 Å². The number of carbonyl (C=O) groups excluding carboxylic acids is 1. The van der Waals surface area contributed by atoms with Crippen molar-refractivity contribution in [3.05, 3.63) is 52.9 Å². The number of rotatable bonds is 3. The van der Waals surface area contributed by atoms with Crippen LogP contribution in [-0.2, 0) is 6.54 Å². The van der Waals surface area contributed by atoms with Gasteiger partial charge in [-0.3, -0.25) is 4.79 Å². The van der Waals surface area contributed by atoms with Crippen LogP contribution in [0.5, 0.6) is 5.06 Å². The van der Waals surface area contributed by atoms with E-state index in [0.717, 1.165) is 16.3 Å². The molecule has 3 aromatic rings. The molecule has 1 aliphatic rings. The summed E-state index contributed by atoms with van der Waals surface area (Å²) in [6.45, 7) is 2.43. The molecule has 3 aromatic heterocycles. The molecule has 0 aliphatic carbocycles. The zero-order valence-electron chi connectivity index (χ0n) is 13.7. The standard InChI is InChI=1S/C17H15N5O2S/c1-10-11-8-20-16(15-18-6-3-7-19-15)21-12(11)9-22(10)17(23)13-4-5-14(24-2)25-13/h3-8,10H,9H2,1-2H3. The van der Waals surface area contributed by atoms with Gasteiger partial charge < -0.3 is 9.64 Å². The van der Waals surface area contributed by atoms with Gasteiger partial charge >= 0.3 is 0 Å². The molecule has 1 unspecified atom stereocenters. The van der Waals surface area contributed by atoms with Crippen molar-refractivity contribution in [3.8, 4) is 16.7 Å². The van der Waals surface area contributed by atoms with Gasteiger partial charge in [0.1, 0.15) is 0 Å². The highest BCUT2D eigenvalue weighted by Crippen LogP contribution is 2.35. The van der Waals surface area contributed by atoms with Crippen LogP contribution in [0.15, 0.2) is 36.8 Å². The molecule has 1 amide bonds. The van der Waals surface area contributed by atoms with Crippen LogP contribution in [0.3, 0.4) is 0 Å². The summed E-state index contributed by atoms with van der Waals surface area (Å²) in [5, 5.41) is 0.719. The van der Waals surface area contributed by atoms with Crippen LogP contribution in [0.4, 0.5) is 0 Å². The second-order valence-electron chi connectivity index (χ2n) is 5.60. The first-order chi connectivity index (χ1) is 12.2. The van der Waals surface area contributed by atoms with E-state index in [0.29, 0.717) is 23.1 Å². The number of nitrogens with zero attached hydrogens (tertiary/aromatic N) is 5. The molecule has 1 atom stereocenters. The summed E-state index contributed by atoms with van der Waals surface area (Å²) >= 11 is 1.34. The second-order valence-corrected chi connectivity index (χ2v) is 6.65. The van der Waals surface area contributed by atoms with Gasteiger partial charge in [0.2, 0.25) is 0 Å². The number of ether oxygens (including phenoxy) is 1. The lowest BCUT2D eigenvalue weighted by Crippen LogP contribution is -2.27. The number of amides is 1. The minimum atomic E-state index is -0.0821. The molecular formula is C17H15N5O2S. The summed E-state index contributed by atoms with van der Waals surface area (Å²) in [5.41, 5.74) is 1.79. The monoisotopic (exact) mass is 353 g/mol. The van der Waals surface area contributed by atoms with Crippen LogP contribution in [0.2, 0.25) is 0 Å². The SMILES string of the molecule is COc1ccc(C(=O)N2Cc3nc(-c4ncccn4)ncc3C2C)s1. The number of fused-ring (bicyclic) bond motifs is 1. The van der Waals surface area contributed by atoms with E-state index in [1.165, 1.54) is 11.3 Å². The molecule has 0 radical (unpaired) electrons. The summed E-state index contributed by atoms with van der Waals surface area (Å²) in [7, 11) is 1.59. The Kier molecular flexibility index (Phi) is 3.89. The van der Waals surface area contributed by atoms with E-state index in [4.69, 9.17) is 4.74 Å². The Morgan fingerprint density at radius 1 is 1.24 bits per heavy atom. The third kappa shape index (κ3) is 2.74. The van der Waals surface area contributed by atoms with Crippen LogP contribution in [0.1, 0.15) is 33.9 Å². The van der Waals surface area contributed by atoms with Crippen molar-refractivity contribution < 1.29 is 9.53 Å². The summed E-state index contributed by atoms with van der Waals surface area (Å²) in [6, 6.07) is 5.25. The van der Waals surface area contributed by atoms with Crippen molar-refractivity contribution in [2.45, 2.75) is 19.5 Å². The Bertz CT molecular complexity index is 928. The highest BCUT2D eigenvalue weighted by Gasteiger charge is 2.33. The Hall–Kier alpha value is -2.87. The van der Waals surface area contributed by atoms with Crippen LogP contribution in [0.25, 0.3) is 11.6 Å². The fraction of sp³-hybridized carbons (Fsp3) is 0.235. The molecule has 0 fully saturated rings. The summed E-state index contributed by atoms with van der Waals surface area (Å²) in [5.74, 6) is 0.917. The molecule has 0 saturated carbocycles. The number of carbonyl (C=O) groups is 1. The molecule has 0 aromatic carbocycles. The lowest BCUT2D eigenvalue weighted by atomic mass is 10.1. The maximum atomic E-state index is 12.8. The normalized spacial score (nSPS) is 15.9. The van der Waals surface area contributed by atoms with Gasteiger partial charge in [0, 0.05) is 24.2 Å². The quantitative estimate of drug-likeness (QED) is 0.720. The second kappa shape index (κ2) is 6.21. The molecule has 8 heteroatoms. The predicted octanol–water partition coefficient (Wildman–Crippen LogP) is 2.72. The first kappa shape index (κ1) is 15.6. The Balaban J connectivity index is 1.62. The molecule has 0 saturated heterocycles. The maximum absolute atomic E-state index is 12.8. The molecule has 0 bridgehead atoms. The van der Waals surface area contributed by atoms with Crippen molar-refractivity contribution in [3.63, 3.8) is 0 Å². The van der Waals surface area contributed by atoms with Crippen LogP contribution in [-0.4, -0.2) is 37.9 Å². The van der Waals surface area contributed by atoms with Gasteiger partial charge in [-0.05, 0) is 25.1 Å². The zero-order valence-corrected chi connectivity index (χ0v) is 14.5. The zero-order chi connectivity index (χ0) is 17.4.